The lowest BCUT2D eigenvalue weighted by molar-refractivity contribution is -0.182. The number of fused-ring (bicyclic) bond motifs is 2. The van der Waals surface area contributed by atoms with Gasteiger partial charge in [0.25, 0.3) is 11.8 Å². The molecule has 3 fully saturated rings. The minimum atomic E-state index is -4.21. The zero-order chi connectivity index (χ0) is 33.9. The fourth-order valence-corrected chi connectivity index (χ4v) is 7.54. The molecule has 2 aromatic heterocycles. The number of anilines is 3. The molecule has 15 heteroatoms. The van der Waals surface area contributed by atoms with Gasteiger partial charge in [0.2, 0.25) is 5.95 Å². The highest BCUT2D eigenvalue weighted by atomic mass is 35.5. The standard InChI is InChI=1S/C33H35Cl2F3N8O2/c1-44-16-39-13-27(44)31(48)40-12-17-3-8-23(34)29(28(17)35)43-32-42-24-10-22(30(47)41-21-6-4-20(5-7-21)33(36,37)38)25(11-26(24)45(32)2)46-14-18-9-19(18)15-46/h3,8,10-11,13,16,18-21H,4-7,9,12,14-15H2,1-2H3,(H,40,48)(H,41,47)(H,42,43)/t18?,19?,20-,21-. The third-order valence-corrected chi connectivity index (χ3v) is 10.7. The van der Waals surface area contributed by atoms with Crippen LogP contribution in [0.25, 0.3) is 11.0 Å². The summed E-state index contributed by atoms with van der Waals surface area (Å²) in [5.74, 6) is -0.266. The van der Waals surface area contributed by atoms with Crippen LogP contribution < -0.4 is 20.9 Å². The molecule has 48 heavy (non-hydrogen) atoms. The fourth-order valence-electron chi connectivity index (χ4n) is 7.01. The van der Waals surface area contributed by atoms with Crippen LogP contribution in [0.5, 0.6) is 0 Å². The largest absolute Gasteiger partial charge is 0.391 e. The Morgan fingerprint density at radius 1 is 1.02 bits per heavy atom. The number of rotatable bonds is 8. The maximum Gasteiger partial charge on any atom is 0.391 e. The molecule has 10 nitrogen and oxygen atoms in total. The predicted molar refractivity (Wildman–Crippen MR) is 178 cm³/mol. The smallest absolute Gasteiger partial charge is 0.370 e. The second-order valence-electron chi connectivity index (χ2n) is 13.2. The summed E-state index contributed by atoms with van der Waals surface area (Å²) in [4.78, 5) is 37.4. The van der Waals surface area contributed by atoms with Crippen LogP contribution in [0.15, 0.2) is 36.8 Å². The van der Waals surface area contributed by atoms with Crippen LogP contribution in [-0.4, -0.2) is 56.2 Å². The van der Waals surface area contributed by atoms with Crippen molar-refractivity contribution in [2.45, 2.75) is 50.9 Å². The molecule has 2 aliphatic carbocycles. The summed E-state index contributed by atoms with van der Waals surface area (Å²) in [6, 6.07) is 6.82. The second-order valence-corrected chi connectivity index (χ2v) is 14.0. The highest BCUT2D eigenvalue weighted by molar-refractivity contribution is 6.39. The van der Waals surface area contributed by atoms with Crippen molar-refractivity contribution in [2.24, 2.45) is 31.8 Å². The Bertz CT molecular complexity index is 1890. The van der Waals surface area contributed by atoms with E-state index in [1.54, 1.807) is 36.1 Å². The summed E-state index contributed by atoms with van der Waals surface area (Å²) >= 11 is 13.4. The summed E-state index contributed by atoms with van der Waals surface area (Å²) in [7, 11) is 3.58. The first kappa shape index (κ1) is 32.6. The van der Waals surface area contributed by atoms with Gasteiger partial charge in [-0.1, -0.05) is 29.3 Å². The third-order valence-electron chi connectivity index (χ3n) is 9.98. The predicted octanol–water partition coefficient (Wildman–Crippen LogP) is 6.59. The number of hydrogen-bond acceptors (Lipinski definition) is 6. The van der Waals surface area contributed by atoms with E-state index >= 15 is 0 Å². The van der Waals surface area contributed by atoms with Gasteiger partial charge in [0, 0.05) is 39.8 Å². The van der Waals surface area contributed by atoms with Gasteiger partial charge in [-0.2, -0.15) is 13.2 Å². The molecular weight excluding hydrogens is 668 g/mol. The normalized spacial score (nSPS) is 22.1. The van der Waals surface area contributed by atoms with Crippen molar-refractivity contribution < 1.29 is 22.8 Å². The molecule has 1 aliphatic heterocycles. The van der Waals surface area contributed by atoms with Crippen LogP contribution in [0.3, 0.4) is 0 Å². The summed E-state index contributed by atoms with van der Waals surface area (Å²) in [5.41, 5.74) is 4.03. The van der Waals surface area contributed by atoms with Gasteiger partial charge in [-0.15, -0.1) is 0 Å². The van der Waals surface area contributed by atoms with E-state index in [0.717, 1.165) is 24.3 Å². The summed E-state index contributed by atoms with van der Waals surface area (Å²) in [5, 5.41) is 9.79. The molecule has 1 saturated heterocycles. The van der Waals surface area contributed by atoms with E-state index in [-0.39, 0.29) is 50.1 Å². The first-order valence-corrected chi connectivity index (χ1v) is 16.7. The maximum atomic E-state index is 13.7. The lowest BCUT2D eigenvalue weighted by atomic mass is 9.85. The van der Waals surface area contributed by atoms with E-state index in [0.29, 0.717) is 55.9 Å². The van der Waals surface area contributed by atoms with Gasteiger partial charge >= 0.3 is 6.18 Å². The molecule has 3 N–H and O–H groups in total. The van der Waals surface area contributed by atoms with Crippen molar-refractivity contribution >= 4 is 63.4 Å². The van der Waals surface area contributed by atoms with Gasteiger partial charge in [-0.3, -0.25) is 9.59 Å². The molecule has 4 aromatic rings. The molecule has 2 amide bonds. The number of halogens is 5. The van der Waals surface area contributed by atoms with E-state index in [4.69, 9.17) is 28.2 Å². The SMILES string of the molecule is Cn1cncc1C(=O)NCc1ccc(Cl)c(Nc2nc3cc(C(=O)N[C@H]4CC[C@H](C(F)(F)F)CC4)c(N4CC5CC5C4)cc3n2C)c1Cl. The van der Waals surface area contributed by atoms with Crippen LogP contribution in [0, 0.1) is 17.8 Å². The average Bonchev–Trinajstić information content (AvgIpc) is 3.32. The molecule has 3 heterocycles. The highest BCUT2D eigenvalue weighted by Gasteiger charge is 2.46. The molecule has 2 atom stereocenters. The van der Waals surface area contributed by atoms with Crippen molar-refractivity contribution in [2.75, 3.05) is 23.3 Å². The molecular formula is C33H35Cl2F3N8O2. The van der Waals surface area contributed by atoms with Crippen molar-refractivity contribution in [3.63, 3.8) is 0 Å². The van der Waals surface area contributed by atoms with E-state index in [2.05, 4.69) is 25.8 Å². The Morgan fingerprint density at radius 2 is 1.75 bits per heavy atom. The van der Waals surface area contributed by atoms with Gasteiger partial charge in [0.15, 0.2) is 0 Å². The lowest BCUT2D eigenvalue weighted by Gasteiger charge is -2.31. The molecule has 254 valence electrons. The topological polar surface area (TPSA) is 109 Å². The zero-order valence-corrected chi connectivity index (χ0v) is 27.9. The van der Waals surface area contributed by atoms with Crippen LogP contribution in [-0.2, 0) is 20.6 Å². The Balaban J connectivity index is 1.14. The fraction of sp³-hybridized carbons (Fsp3) is 0.455. The molecule has 2 aromatic carbocycles. The number of alkyl halides is 3. The number of nitrogens with one attached hydrogen (secondary N) is 3. The second kappa shape index (κ2) is 12.5. The van der Waals surface area contributed by atoms with Gasteiger partial charge in [-0.25, -0.2) is 9.97 Å². The van der Waals surface area contributed by atoms with Gasteiger partial charge in [-0.05, 0) is 67.7 Å². The van der Waals surface area contributed by atoms with Crippen LogP contribution >= 0.6 is 23.2 Å². The number of nitrogens with zero attached hydrogens (tertiary/aromatic N) is 5. The molecule has 0 spiro atoms. The van der Waals surface area contributed by atoms with E-state index in [9.17, 15) is 22.8 Å². The molecule has 2 saturated carbocycles. The number of carbonyl (C=O) groups is 2. The van der Waals surface area contributed by atoms with Crippen LogP contribution in [0.1, 0.15) is 58.5 Å². The lowest BCUT2D eigenvalue weighted by Crippen LogP contribution is -2.40. The Morgan fingerprint density at radius 3 is 2.42 bits per heavy atom. The molecule has 7 rings (SSSR count). The van der Waals surface area contributed by atoms with E-state index in [1.807, 2.05) is 17.7 Å². The first-order valence-electron chi connectivity index (χ1n) is 16.0. The quantitative estimate of drug-likeness (QED) is 0.191. The van der Waals surface area contributed by atoms with Crippen molar-refractivity contribution in [1.82, 2.24) is 29.7 Å². The monoisotopic (exact) mass is 702 g/mol. The van der Waals surface area contributed by atoms with E-state index in [1.165, 1.54) is 12.6 Å². The summed E-state index contributed by atoms with van der Waals surface area (Å²) in [6.07, 6.45) is 0.590. The van der Waals surface area contributed by atoms with Crippen molar-refractivity contribution in [1.29, 1.82) is 0 Å². The van der Waals surface area contributed by atoms with E-state index < -0.39 is 12.1 Å². The highest BCUT2D eigenvalue weighted by Crippen LogP contribution is 2.47. The maximum absolute atomic E-state index is 13.7. The summed E-state index contributed by atoms with van der Waals surface area (Å²) < 4.78 is 43.2. The molecule has 0 radical (unpaired) electrons. The average molecular weight is 704 g/mol. The number of carbonyl (C=O) groups excluding carboxylic acids is 2. The van der Waals surface area contributed by atoms with Gasteiger partial charge in [0.05, 0.1) is 56.5 Å². The Kier molecular flexibility index (Phi) is 8.47. The van der Waals surface area contributed by atoms with Crippen LogP contribution in [0.4, 0.5) is 30.5 Å². The minimum absolute atomic E-state index is 0.00811. The Hall–Kier alpha value is -3.97. The number of hydrogen-bond donors (Lipinski definition) is 3. The molecule has 3 aliphatic rings. The van der Waals surface area contributed by atoms with Crippen LogP contribution in [0.2, 0.25) is 10.0 Å². The molecule has 0 bridgehead atoms. The number of piperidine rings is 1. The van der Waals surface area contributed by atoms with Gasteiger partial charge in [0.1, 0.15) is 5.69 Å². The van der Waals surface area contributed by atoms with Crippen molar-refractivity contribution in [3.8, 4) is 0 Å². The van der Waals surface area contributed by atoms with Crippen molar-refractivity contribution in [3.05, 3.63) is 63.7 Å². The summed E-state index contributed by atoms with van der Waals surface area (Å²) in [6.45, 7) is 1.85. The Labute approximate surface area is 285 Å². The first-order chi connectivity index (χ1) is 22.9. The minimum Gasteiger partial charge on any atom is -0.370 e. The third kappa shape index (κ3) is 6.29. The number of aryl methyl sites for hydroxylation is 2. The van der Waals surface area contributed by atoms with Gasteiger partial charge < -0.3 is 30.0 Å². The molecule has 2 unspecified atom stereocenters. The number of imidazole rings is 2. The number of aromatic nitrogens is 4. The number of benzene rings is 2. The number of amides is 2. The zero-order valence-electron chi connectivity index (χ0n) is 26.4.